The Hall–Kier alpha value is -2.69. The van der Waals surface area contributed by atoms with Crippen LogP contribution in [0.25, 0.3) is 10.9 Å². The van der Waals surface area contributed by atoms with E-state index in [0.29, 0.717) is 12.3 Å². The number of nitrogens with one attached hydrogen (secondary N) is 1. The predicted octanol–water partition coefficient (Wildman–Crippen LogP) is 3.51. The average molecular weight is 336 g/mol. The van der Waals surface area contributed by atoms with Crippen molar-refractivity contribution in [3.05, 3.63) is 59.5 Å². The van der Waals surface area contributed by atoms with Crippen molar-refractivity contribution in [1.29, 1.82) is 0 Å². The third kappa shape index (κ3) is 3.87. The Labute approximate surface area is 148 Å². The molecule has 0 saturated heterocycles. The van der Waals surface area contributed by atoms with Gasteiger partial charge >= 0.3 is 0 Å². The molecule has 0 unspecified atom stereocenters. The number of benzene rings is 1. The lowest BCUT2D eigenvalue weighted by molar-refractivity contribution is -0.121. The van der Waals surface area contributed by atoms with Crippen LogP contribution in [0.2, 0.25) is 0 Å². The number of carbonyl (C=O) groups excluding carboxylic acids is 1. The van der Waals surface area contributed by atoms with Gasteiger partial charge in [0, 0.05) is 18.6 Å². The second kappa shape index (κ2) is 7.05. The number of rotatable bonds is 5. The molecule has 3 rings (SSSR count). The van der Waals surface area contributed by atoms with Crippen LogP contribution in [0, 0.1) is 0 Å². The molecule has 0 saturated carbocycles. The molecule has 130 valence electrons. The highest BCUT2D eigenvalue weighted by Gasteiger charge is 2.13. The summed E-state index contributed by atoms with van der Waals surface area (Å²) in [5.41, 5.74) is 4.14. The summed E-state index contributed by atoms with van der Waals surface area (Å²) in [7, 11) is 1.90. The van der Waals surface area contributed by atoms with Gasteiger partial charge in [-0.25, -0.2) is 0 Å². The number of carbonyl (C=O) groups is 1. The minimum Gasteiger partial charge on any atom is -0.348 e. The highest BCUT2D eigenvalue weighted by atomic mass is 16.1. The first-order valence-electron chi connectivity index (χ1n) is 8.60. The summed E-state index contributed by atoms with van der Waals surface area (Å²) < 4.78 is 1.81. The van der Waals surface area contributed by atoms with E-state index in [4.69, 9.17) is 0 Å². The van der Waals surface area contributed by atoms with Crippen LogP contribution in [0.3, 0.4) is 0 Å². The minimum atomic E-state index is -0.151. The van der Waals surface area contributed by atoms with Gasteiger partial charge in [0.1, 0.15) is 0 Å². The van der Waals surface area contributed by atoms with E-state index >= 15 is 0 Å². The molecule has 5 heteroatoms. The molecule has 1 aromatic carbocycles. The highest BCUT2D eigenvalue weighted by Crippen LogP contribution is 2.18. The molecule has 0 fully saturated rings. The van der Waals surface area contributed by atoms with Gasteiger partial charge in [0.05, 0.1) is 29.9 Å². The molecule has 3 aromatic rings. The van der Waals surface area contributed by atoms with Gasteiger partial charge < -0.3 is 5.32 Å². The standard InChI is InChI=1S/C20H24N4O/c1-13(2)16-7-5-15(6-8-16)9-20(25)23-14(3)18-10-19-17(11-21-18)12-22-24(19)4/h5-8,10-14H,9H2,1-4H3,(H,23,25)/t14-/m1/s1. The molecule has 5 nitrogen and oxygen atoms in total. The normalized spacial score (nSPS) is 12.5. The molecule has 0 aliphatic rings. The van der Waals surface area contributed by atoms with Crippen molar-refractivity contribution < 1.29 is 4.79 Å². The molecule has 0 aliphatic carbocycles. The van der Waals surface area contributed by atoms with Gasteiger partial charge in [-0.2, -0.15) is 5.10 Å². The largest absolute Gasteiger partial charge is 0.348 e. The van der Waals surface area contributed by atoms with Crippen LogP contribution in [0.15, 0.2) is 42.7 Å². The summed E-state index contributed by atoms with van der Waals surface area (Å²) >= 11 is 0. The van der Waals surface area contributed by atoms with Crippen molar-refractivity contribution in [2.24, 2.45) is 7.05 Å². The van der Waals surface area contributed by atoms with Crippen molar-refractivity contribution in [1.82, 2.24) is 20.1 Å². The van der Waals surface area contributed by atoms with Gasteiger partial charge in [-0.3, -0.25) is 14.5 Å². The molecular formula is C20H24N4O. The molecule has 1 amide bonds. The van der Waals surface area contributed by atoms with Crippen LogP contribution < -0.4 is 5.32 Å². The zero-order chi connectivity index (χ0) is 18.0. The number of amides is 1. The van der Waals surface area contributed by atoms with Crippen molar-refractivity contribution in [2.75, 3.05) is 0 Å². The van der Waals surface area contributed by atoms with E-state index in [1.54, 1.807) is 12.4 Å². The van der Waals surface area contributed by atoms with Crippen LogP contribution in [0.5, 0.6) is 0 Å². The number of fused-ring (bicyclic) bond motifs is 1. The quantitative estimate of drug-likeness (QED) is 0.775. The molecule has 0 spiro atoms. The zero-order valence-electron chi connectivity index (χ0n) is 15.2. The maximum Gasteiger partial charge on any atom is 0.224 e. The Bertz CT molecular complexity index is 880. The van der Waals surface area contributed by atoms with Crippen molar-refractivity contribution in [3.8, 4) is 0 Å². The Morgan fingerprint density at radius 1 is 1.16 bits per heavy atom. The van der Waals surface area contributed by atoms with Crippen LogP contribution in [0.1, 0.15) is 49.6 Å². The van der Waals surface area contributed by atoms with E-state index in [2.05, 4.69) is 41.4 Å². The SMILES string of the molecule is CC(C)c1ccc(CC(=O)N[C@H](C)c2cc3c(cn2)cnn3C)cc1. The summed E-state index contributed by atoms with van der Waals surface area (Å²) in [4.78, 5) is 16.8. The zero-order valence-corrected chi connectivity index (χ0v) is 15.2. The molecular weight excluding hydrogens is 312 g/mol. The van der Waals surface area contributed by atoms with Gasteiger partial charge in [-0.1, -0.05) is 38.1 Å². The Morgan fingerprint density at radius 2 is 1.88 bits per heavy atom. The predicted molar refractivity (Wildman–Crippen MR) is 99.3 cm³/mol. The lowest BCUT2D eigenvalue weighted by Crippen LogP contribution is -2.28. The van der Waals surface area contributed by atoms with Gasteiger partial charge in [0.2, 0.25) is 5.91 Å². The van der Waals surface area contributed by atoms with Crippen molar-refractivity contribution >= 4 is 16.8 Å². The maximum atomic E-state index is 12.3. The Kier molecular flexibility index (Phi) is 4.83. The minimum absolute atomic E-state index is 0.00306. The van der Waals surface area contributed by atoms with Gasteiger partial charge in [-0.05, 0) is 30.0 Å². The average Bonchev–Trinajstić information content (AvgIpc) is 2.96. The molecule has 2 aromatic heterocycles. The van der Waals surface area contributed by atoms with Crippen molar-refractivity contribution in [2.45, 2.75) is 39.2 Å². The third-order valence-corrected chi connectivity index (χ3v) is 4.48. The first kappa shape index (κ1) is 17.1. The molecule has 0 radical (unpaired) electrons. The fourth-order valence-electron chi connectivity index (χ4n) is 2.87. The summed E-state index contributed by atoms with van der Waals surface area (Å²) in [6.45, 7) is 6.27. The molecule has 25 heavy (non-hydrogen) atoms. The van der Waals surface area contributed by atoms with Crippen LogP contribution in [-0.2, 0) is 18.3 Å². The van der Waals surface area contributed by atoms with Crippen LogP contribution in [0.4, 0.5) is 0 Å². The van der Waals surface area contributed by atoms with E-state index in [9.17, 15) is 4.79 Å². The van der Waals surface area contributed by atoms with Gasteiger partial charge in [-0.15, -0.1) is 0 Å². The molecule has 2 heterocycles. The topological polar surface area (TPSA) is 59.8 Å². The van der Waals surface area contributed by atoms with Crippen LogP contribution >= 0.6 is 0 Å². The summed E-state index contributed by atoms with van der Waals surface area (Å²) in [5, 5.41) is 8.24. The van der Waals surface area contributed by atoms with Crippen LogP contribution in [-0.4, -0.2) is 20.7 Å². The monoisotopic (exact) mass is 336 g/mol. The number of aromatic nitrogens is 3. The smallest absolute Gasteiger partial charge is 0.224 e. The first-order valence-corrected chi connectivity index (χ1v) is 8.60. The van der Waals surface area contributed by atoms with Gasteiger partial charge in [0.15, 0.2) is 0 Å². The van der Waals surface area contributed by atoms with E-state index in [1.807, 2.05) is 36.9 Å². The van der Waals surface area contributed by atoms with E-state index in [1.165, 1.54) is 5.56 Å². The number of pyridine rings is 1. The molecule has 0 bridgehead atoms. The lowest BCUT2D eigenvalue weighted by atomic mass is 10.0. The Balaban J connectivity index is 1.65. The maximum absolute atomic E-state index is 12.3. The number of nitrogens with zero attached hydrogens (tertiary/aromatic N) is 3. The number of hydrogen-bond donors (Lipinski definition) is 1. The van der Waals surface area contributed by atoms with E-state index < -0.39 is 0 Å². The molecule has 1 atom stereocenters. The van der Waals surface area contributed by atoms with E-state index in [0.717, 1.165) is 22.2 Å². The van der Waals surface area contributed by atoms with Crippen molar-refractivity contribution in [3.63, 3.8) is 0 Å². The molecule has 1 N–H and O–H groups in total. The third-order valence-electron chi connectivity index (χ3n) is 4.48. The summed E-state index contributed by atoms with van der Waals surface area (Å²) in [6, 6.07) is 10.1. The lowest BCUT2D eigenvalue weighted by Gasteiger charge is -2.14. The summed E-state index contributed by atoms with van der Waals surface area (Å²) in [6.07, 6.45) is 3.96. The van der Waals surface area contributed by atoms with Gasteiger partial charge in [0.25, 0.3) is 0 Å². The number of aryl methyl sites for hydroxylation is 1. The second-order valence-electron chi connectivity index (χ2n) is 6.80. The summed E-state index contributed by atoms with van der Waals surface area (Å²) in [5.74, 6) is 0.493. The first-order chi connectivity index (χ1) is 11.9. The van der Waals surface area contributed by atoms with E-state index in [-0.39, 0.29) is 11.9 Å². The second-order valence-corrected chi connectivity index (χ2v) is 6.80. The fourth-order valence-corrected chi connectivity index (χ4v) is 2.87. The molecule has 0 aliphatic heterocycles. The highest BCUT2D eigenvalue weighted by molar-refractivity contribution is 5.80. The Morgan fingerprint density at radius 3 is 2.56 bits per heavy atom. The fraction of sp³-hybridized carbons (Fsp3) is 0.350. The number of hydrogen-bond acceptors (Lipinski definition) is 3.